The molecule has 0 spiro atoms. The summed E-state index contributed by atoms with van der Waals surface area (Å²) in [6, 6.07) is 15.1. The summed E-state index contributed by atoms with van der Waals surface area (Å²) in [5.74, 6) is 0.362. The van der Waals surface area contributed by atoms with Crippen molar-refractivity contribution in [2.45, 2.75) is 24.8 Å². The van der Waals surface area contributed by atoms with Crippen molar-refractivity contribution in [3.63, 3.8) is 0 Å². The van der Waals surface area contributed by atoms with Gasteiger partial charge in [0.25, 0.3) is 0 Å². The average molecular weight is 276 g/mol. The van der Waals surface area contributed by atoms with Crippen LogP contribution in [-0.2, 0) is 0 Å². The molecule has 0 saturated heterocycles. The molecule has 2 aromatic rings. The minimum atomic E-state index is -0.198. The molecule has 98 valence electrons. The first kappa shape index (κ1) is 12.5. The SMILES string of the molecule is Fc1cccc(NC2CC(c3cccc(Cl)c3)C2)c1. The van der Waals surface area contributed by atoms with E-state index in [0.29, 0.717) is 12.0 Å². The van der Waals surface area contributed by atoms with Crippen molar-refractivity contribution in [3.05, 3.63) is 64.9 Å². The molecule has 1 aliphatic rings. The Bertz CT molecular complexity index is 578. The van der Waals surface area contributed by atoms with Crippen LogP contribution in [0.5, 0.6) is 0 Å². The van der Waals surface area contributed by atoms with Crippen LogP contribution in [0.25, 0.3) is 0 Å². The van der Waals surface area contributed by atoms with Crippen molar-refractivity contribution in [2.24, 2.45) is 0 Å². The summed E-state index contributed by atoms with van der Waals surface area (Å²) in [7, 11) is 0. The summed E-state index contributed by atoms with van der Waals surface area (Å²) < 4.78 is 13.1. The first-order valence-electron chi connectivity index (χ1n) is 6.48. The largest absolute Gasteiger partial charge is 0.382 e. The van der Waals surface area contributed by atoms with E-state index in [1.807, 2.05) is 24.3 Å². The minimum absolute atomic E-state index is 0.198. The molecule has 0 bridgehead atoms. The fourth-order valence-electron chi connectivity index (χ4n) is 2.58. The van der Waals surface area contributed by atoms with Gasteiger partial charge in [0.15, 0.2) is 0 Å². The van der Waals surface area contributed by atoms with Crippen molar-refractivity contribution in [2.75, 3.05) is 5.32 Å². The van der Waals surface area contributed by atoms with Crippen molar-refractivity contribution in [1.29, 1.82) is 0 Å². The molecule has 1 saturated carbocycles. The van der Waals surface area contributed by atoms with Crippen LogP contribution in [-0.4, -0.2) is 6.04 Å². The lowest BCUT2D eigenvalue weighted by molar-refractivity contribution is 0.374. The zero-order valence-corrected chi connectivity index (χ0v) is 11.2. The van der Waals surface area contributed by atoms with Gasteiger partial charge in [0, 0.05) is 16.8 Å². The quantitative estimate of drug-likeness (QED) is 0.845. The number of anilines is 1. The smallest absolute Gasteiger partial charge is 0.125 e. The summed E-state index contributed by atoms with van der Waals surface area (Å²) >= 11 is 6.00. The number of nitrogens with one attached hydrogen (secondary N) is 1. The highest BCUT2D eigenvalue weighted by atomic mass is 35.5. The van der Waals surface area contributed by atoms with E-state index in [2.05, 4.69) is 11.4 Å². The minimum Gasteiger partial charge on any atom is -0.382 e. The van der Waals surface area contributed by atoms with Gasteiger partial charge >= 0.3 is 0 Å². The Balaban J connectivity index is 1.58. The van der Waals surface area contributed by atoms with E-state index in [0.717, 1.165) is 23.6 Å². The van der Waals surface area contributed by atoms with Crippen molar-refractivity contribution in [3.8, 4) is 0 Å². The monoisotopic (exact) mass is 275 g/mol. The summed E-state index contributed by atoms with van der Waals surface area (Å²) in [6.45, 7) is 0. The summed E-state index contributed by atoms with van der Waals surface area (Å²) in [6.07, 6.45) is 2.13. The molecule has 2 aromatic carbocycles. The third-order valence-electron chi connectivity index (χ3n) is 3.65. The second-order valence-electron chi connectivity index (χ2n) is 5.07. The highest BCUT2D eigenvalue weighted by molar-refractivity contribution is 6.30. The van der Waals surface area contributed by atoms with Gasteiger partial charge in [0.1, 0.15) is 5.82 Å². The predicted octanol–water partition coefficient (Wildman–Crippen LogP) is 4.84. The van der Waals surface area contributed by atoms with E-state index in [4.69, 9.17) is 11.6 Å². The van der Waals surface area contributed by atoms with Crippen molar-refractivity contribution >= 4 is 17.3 Å². The fourth-order valence-corrected chi connectivity index (χ4v) is 2.78. The number of rotatable bonds is 3. The fraction of sp³-hybridized carbons (Fsp3) is 0.250. The van der Waals surface area contributed by atoms with Gasteiger partial charge in [0.05, 0.1) is 0 Å². The molecule has 1 fully saturated rings. The Kier molecular flexibility index (Phi) is 3.43. The van der Waals surface area contributed by atoms with Gasteiger partial charge in [-0.25, -0.2) is 4.39 Å². The Hall–Kier alpha value is -1.54. The summed E-state index contributed by atoms with van der Waals surface area (Å²) in [5.41, 5.74) is 2.15. The van der Waals surface area contributed by atoms with Crippen LogP contribution in [0, 0.1) is 5.82 Å². The molecule has 0 unspecified atom stereocenters. The van der Waals surface area contributed by atoms with Crippen LogP contribution in [0.4, 0.5) is 10.1 Å². The first-order valence-corrected chi connectivity index (χ1v) is 6.86. The summed E-state index contributed by atoms with van der Waals surface area (Å²) in [5, 5.41) is 4.15. The third kappa shape index (κ3) is 2.90. The van der Waals surface area contributed by atoms with Crippen molar-refractivity contribution in [1.82, 2.24) is 0 Å². The lowest BCUT2D eigenvalue weighted by Crippen LogP contribution is -2.33. The van der Waals surface area contributed by atoms with Crippen LogP contribution in [0.3, 0.4) is 0 Å². The van der Waals surface area contributed by atoms with E-state index in [1.165, 1.54) is 17.7 Å². The van der Waals surface area contributed by atoms with Crippen LogP contribution in [0.1, 0.15) is 24.3 Å². The van der Waals surface area contributed by atoms with E-state index in [-0.39, 0.29) is 5.82 Å². The van der Waals surface area contributed by atoms with Gasteiger partial charge in [0.2, 0.25) is 0 Å². The van der Waals surface area contributed by atoms with E-state index in [1.54, 1.807) is 6.07 Å². The second kappa shape index (κ2) is 5.22. The molecule has 1 nitrogen and oxygen atoms in total. The molecular weight excluding hydrogens is 261 g/mol. The van der Waals surface area contributed by atoms with Crippen LogP contribution in [0.2, 0.25) is 5.02 Å². The van der Waals surface area contributed by atoms with Gasteiger partial charge in [-0.3, -0.25) is 0 Å². The molecule has 0 amide bonds. The topological polar surface area (TPSA) is 12.0 Å². The van der Waals surface area contributed by atoms with Crippen LogP contribution in [0.15, 0.2) is 48.5 Å². The Morgan fingerprint density at radius 2 is 1.84 bits per heavy atom. The summed E-state index contributed by atoms with van der Waals surface area (Å²) in [4.78, 5) is 0. The highest BCUT2D eigenvalue weighted by Gasteiger charge is 2.30. The van der Waals surface area contributed by atoms with Crippen molar-refractivity contribution < 1.29 is 4.39 Å². The zero-order valence-electron chi connectivity index (χ0n) is 10.4. The lowest BCUT2D eigenvalue weighted by atomic mass is 9.76. The maximum atomic E-state index is 13.1. The third-order valence-corrected chi connectivity index (χ3v) is 3.89. The van der Waals surface area contributed by atoms with Gasteiger partial charge in [-0.05, 0) is 54.7 Å². The zero-order chi connectivity index (χ0) is 13.2. The number of halogens is 2. The molecule has 0 heterocycles. The van der Waals surface area contributed by atoms with Gasteiger partial charge in [-0.15, -0.1) is 0 Å². The molecule has 19 heavy (non-hydrogen) atoms. The molecule has 1 N–H and O–H groups in total. The number of hydrogen-bond acceptors (Lipinski definition) is 1. The van der Waals surface area contributed by atoms with Crippen LogP contribution >= 0.6 is 11.6 Å². The molecular formula is C16H15ClFN. The lowest BCUT2D eigenvalue weighted by Gasteiger charge is -2.37. The molecule has 0 aromatic heterocycles. The van der Waals surface area contributed by atoms with Crippen LogP contribution < -0.4 is 5.32 Å². The van der Waals surface area contributed by atoms with Gasteiger partial charge in [-0.1, -0.05) is 29.8 Å². The Morgan fingerprint density at radius 3 is 2.58 bits per heavy atom. The maximum Gasteiger partial charge on any atom is 0.125 e. The second-order valence-corrected chi connectivity index (χ2v) is 5.51. The Morgan fingerprint density at radius 1 is 1.05 bits per heavy atom. The number of hydrogen-bond donors (Lipinski definition) is 1. The molecule has 0 atom stereocenters. The molecule has 3 rings (SSSR count). The Labute approximate surface area is 117 Å². The molecule has 0 radical (unpaired) electrons. The molecule has 1 aliphatic carbocycles. The highest BCUT2D eigenvalue weighted by Crippen LogP contribution is 2.39. The molecule has 3 heteroatoms. The first-order chi connectivity index (χ1) is 9.20. The van der Waals surface area contributed by atoms with E-state index < -0.39 is 0 Å². The molecule has 0 aliphatic heterocycles. The predicted molar refractivity (Wildman–Crippen MR) is 77.2 cm³/mol. The normalized spacial score (nSPS) is 21.8. The van der Waals surface area contributed by atoms with E-state index in [9.17, 15) is 4.39 Å². The van der Waals surface area contributed by atoms with Gasteiger partial charge in [-0.2, -0.15) is 0 Å². The van der Waals surface area contributed by atoms with Gasteiger partial charge < -0.3 is 5.32 Å². The average Bonchev–Trinajstić information content (AvgIpc) is 2.33. The standard InChI is InChI=1S/C16H15ClFN/c17-13-4-1-3-11(7-13)12-8-16(9-12)19-15-6-2-5-14(18)10-15/h1-7,10,12,16,19H,8-9H2. The maximum absolute atomic E-state index is 13.1. The van der Waals surface area contributed by atoms with E-state index >= 15 is 0 Å². The number of benzene rings is 2.